The Hall–Kier alpha value is -2.27. The summed E-state index contributed by atoms with van der Waals surface area (Å²) in [6.45, 7) is 4.18. The molecule has 1 atom stereocenters. The second-order valence-electron chi connectivity index (χ2n) is 6.72. The number of hydrogen-bond acceptors (Lipinski definition) is 4. The molecule has 4 nitrogen and oxygen atoms in total. The summed E-state index contributed by atoms with van der Waals surface area (Å²) in [5.74, 6) is 1.89. The fourth-order valence-corrected chi connectivity index (χ4v) is 4.43. The molecule has 2 aromatic carbocycles. The van der Waals surface area contributed by atoms with Crippen LogP contribution >= 0.6 is 11.8 Å². The van der Waals surface area contributed by atoms with E-state index in [1.165, 1.54) is 5.56 Å². The molecular formula is C22H26N2O2S. The highest BCUT2D eigenvalue weighted by Crippen LogP contribution is 2.30. The summed E-state index contributed by atoms with van der Waals surface area (Å²) in [7, 11) is 1.66. The van der Waals surface area contributed by atoms with Crippen molar-refractivity contribution in [3.8, 4) is 5.75 Å². The first-order valence-electron chi connectivity index (χ1n) is 9.34. The fourth-order valence-electron chi connectivity index (χ4n) is 3.14. The van der Waals surface area contributed by atoms with Gasteiger partial charge in [-0.05, 0) is 55.2 Å². The topological polar surface area (TPSA) is 41.9 Å². The lowest BCUT2D eigenvalue weighted by atomic mass is 10.1. The molecule has 0 radical (unpaired) electrons. The van der Waals surface area contributed by atoms with Crippen LogP contribution in [-0.4, -0.2) is 34.9 Å². The molecule has 1 amide bonds. The summed E-state index contributed by atoms with van der Waals surface area (Å²) in [4.78, 5) is 19.7. The predicted octanol–water partition coefficient (Wildman–Crippen LogP) is 4.98. The van der Waals surface area contributed by atoms with E-state index in [0.29, 0.717) is 6.42 Å². The van der Waals surface area contributed by atoms with E-state index >= 15 is 0 Å². The average molecular weight is 383 g/mol. The minimum Gasteiger partial charge on any atom is -0.497 e. The maximum Gasteiger partial charge on any atom is 0.229 e. The average Bonchev–Trinajstić information content (AvgIpc) is 3.09. The largest absolute Gasteiger partial charge is 0.497 e. The molecule has 1 fully saturated rings. The second-order valence-corrected chi connectivity index (χ2v) is 7.71. The van der Waals surface area contributed by atoms with Gasteiger partial charge in [0.25, 0.3) is 0 Å². The lowest BCUT2D eigenvalue weighted by Gasteiger charge is -2.23. The van der Waals surface area contributed by atoms with Gasteiger partial charge in [-0.2, -0.15) is 0 Å². The zero-order chi connectivity index (χ0) is 19.2. The van der Waals surface area contributed by atoms with Crippen molar-refractivity contribution in [2.24, 2.45) is 4.99 Å². The van der Waals surface area contributed by atoms with Crippen LogP contribution in [0, 0.1) is 6.92 Å². The molecule has 1 aliphatic heterocycles. The molecule has 0 bridgehead atoms. The summed E-state index contributed by atoms with van der Waals surface area (Å²) in [6, 6.07) is 16.2. The number of rotatable bonds is 6. The smallest absolute Gasteiger partial charge is 0.229 e. The normalized spacial score (nSPS) is 18.1. The Balaban J connectivity index is 1.72. The summed E-state index contributed by atoms with van der Waals surface area (Å²) >= 11 is 1.68. The van der Waals surface area contributed by atoms with Gasteiger partial charge in [0.2, 0.25) is 5.91 Å². The number of nitrogens with zero attached hydrogens (tertiary/aromatic N) is 2. The van der Waals surface area contributed by atoms with Crippen molar-refractivity contribution < 1.29 is 9.53 Å². The van der Waals surface area contributed by atoms with Crippen LogP contribution in [0.3, 0.4) is 0 Å². The predicted molar refractivity (Wildman–Crippen MR) is 113 cm³/mol. The zero-order valence-electron chi connectivity index (χ0n) is 16.1. The highest BCUT2D eigenvalue weighted by molar-refractivity contribution is 8.14. The monoisotopic (exact) mass is 382 g/mol. The number of amides is 1. The van der Waals surface area contributed by atoms with Crippen molar-refractivity contribution >= 4 is 28.5 Å². The Kier molecular flexibility index (Phi) is 6.56. The number of benzene rings is 2. The molecule has 0 N–H and O–H groups in total. The van der Waals surface area contributed by atoms with Crippen LogP contribution in [-0.2, 0) is 11.2 Å². The number of aryl methyl sites for hydroxylation is 2. The van der Waals surface area contributed by atoms with E-state index < -0.39 is 0 Å². The van der Waals surface area contributed by atoms with Gasteiger partial charge in [0.15, 0.2) is 5.17 Å². The third-order valence-corrected chi connectivity index (χ3v) is 5.83. The van der Waals surface area contributed by atoms with Gasteiger partial charge in [0.1, 0.15) is 5.75 Å². The van der Waals surface area contributed by atoms with Crippen LogP contribution in [0.1, 0.15) is 30.9 Å². The molecule has 0 unspecified atom stereocenters. The number of ether oxygens (including phenoxy) is 1. The van der Waals surface area contributed by atoms with Crippen LogP contribution in [0.5, 0.6) is 5.75 Å². The number of aliphatic imine (C=N–C) groups is 1. The van der Waals surface area contributed by atoms with Crippen LogP contribution in [0.2, 0.25) is 0 Å². The maximum atomic E-state index is 13.0. The van der Waals surface area contributed by atoms with Crippen molar-refractivity contribution in [3.63, 3.8) is 0 Å². The zero-order valence-corrected chi connectivity index (χ0v) is 17.0. The molecule has 2 aromatic rings. The highest BCUT2D eigenvalue weighted by Gasteiger charge is 2.33. The Morgan fingerprint density at radius 1 is 1.26 bits per heavy atom. The van der Waals surface area contributed by atoms with Crippen molar-refractivity contribution in [1.29, 1.82) is 0 Å². The number of hydrogen-bond donors (Lipinski definition) is 0. The summed E-state index contributed by atoms with van der Waals surface area (Å²) in [5, 5.41) is 0.826. The third kappa shape index (κ3) is 4.92. The van der Waals surface area contributed by atoms with Crippen molar-refractivity contribution in [2.45, 2.75) is 39.2 Å². The van der Waals surface area contributed by atoms with Crippen LogP contribution in [0.25, 0.3) is 0 Å². The molecule has 0 aliphatic carbocycles. The lowest BCUT2D eigenvalue weighted by molar-refractivity contribution is -0.128. The summed E-state index contributed by atoms with van der Waals surface area (Å²) in [5.41, 5.74) is 3.22. The third-order valence-electron chi connectivity index (χ3n) is 4.73. The SMILES string of the molecule is CC[C@@H]1CSC(=Nc2cccc(C)c2)N1C(=O)CCc1ccc(OC)cc1. The van der Waals surface area contributed by atoms with Gasteiger partial charge in [-0.1, -0.05) is 43.0 Å². The molecular weight excluding hydrogens is 356 g/mol. The maximum absolute atomic E-state index is 13.0. The molecule has 1 aliphatic rings. The van der Waals surface area contributed by atoms with Crippen LogP contribution in [0.15, 0.2) is 53.5 Å². The van der Waals surface area contributed by atoms with Crippen LogP contribution in [0.4, 0.5) is 5.69 Å². The van der Waals surface area contributed by atoms with E-state index in [2.05, 4.69) is 19.9 Å². The molecule has 3 rings (SSSR count). The highest BCUT2D eigenvalue weighted by atomic mass is 32.2. The van der Waals surface area contributed by atoms with E-state index in [4.69, 9.17) is 9.73 Å². The van der Waals surface area contributed by atoms with E-state index in [0.717, 1.165) is 40.8 Å². The number of carbonyl (C=O) groups is 1. The van der Waals surface area contributed by atoms with Crippen molar-refractivity contribution in [3.05, 3.63) is 59.7 Å². The van der Waals surface area contributed by atoms with E-state index in [1.807, 2.05) is 47.4 Å². The number of methoxy groups -OCH3 is 1. The molecule has 1 saturated heterocycles. The molecule has 142 valence electrons. The first kappa shape index (κ1) is 19.5. The molecule has 0 aromatic heterocycles. The number of carbonyl (C=O) groups excluding carboxylic acids is 1. The number of thioether (sulfide) groups is 1. The minimum atomic E-state index is 0.147. The quantitative estimate of drug-likeness (QED) is 0.708. The van der Waals surface area contributed by atoms with Gasteiger partial charge in [-0.3, -0.25) is 9.69 Å². The summed E-state index contributed by atoms with van der Waals surface area (Å²) in [6.07, 6.45) is 2.14. The van der Waals surface area contributed by atoms with Gasteiger partial charge in [0, 0.05) is 18.2 Å². The molecule has 5 heteroatoms. The van der Waals surface area contributed by atoms with E-state index in [1.54, 1.807) is 18.9 Å². The van der Waals surface area contributed by atoms with Gasteiger partial charge >= 0.3 is 0 Å². The van der Waals surface area contributed by atoms with Crippen LogP contribution < -0.4 is 4.74 Å². The summed E-state index contributed by atoms with van der Waals surface area (Å²) < 4.78 is 5.19. The first-order chi connectivity index (χ1) is 13.1. The fraction of sp³-hybridized carbons (Fsp3) is 0.364. The van der Waals surface area contributed by atoms with Gasteiger partial charge in [-0.25, -0.2) is 4.99 Å². The molecule has 0 saturated carbocycles. The van der Waals surface area contributed by atoms with Crippen molar-refractivity contribution in [1.82, 2.24) is 4.90 Å². The standard InChI is InChI=1S/C22H26N2O2S/c1-4-19-15-27-22(23-18-7-5-6-16(2)14-18)24(19)21(25)13-10-17-8-11-20(26-3)12-9-17/h5-9,11-12,14,19H,4,10,13,15H2,1-3H3/t19-/m1/s1. The minimum absolute atomic E-state index is 0.147. The Bertz CT molecular complexity index is 817. The van der Waals surface area contributed by atoms with E-state index in [9.17, 15) is 4.79 Å². The van der Waals surface area contributed by atoms with Gasteiger partial charge in [-0.15, -0.1) is 0 Å². The Labute approximate surface area is 165 Å². The Morgan fingerprint density at radius 3 is 2.70 bits per heavy atom. The lowest BCUT2D eigenvalue weighted by Crippen LogP contribution is -2.39. The first-order valence-corrected chi connectivity index (χ1v) is 10.3. The van der Waals surface area contributed by atoms with E-state index in [-0.39, 0.29) is 11.9 Å². The van der Waals surface area contributed by atoms with Crippen molar-refractivity contribution in [2.75, 3.05) is 12.9 Å². The van der Waals surface area contributed by atoms with Gasteiger partial charge in [0.05, 0.1) is 12.8 Å². The Morgan fingerprint density at radius 2 is 2.04 bits per heavy atom. The molecule has 1 heterocycles. The molecule has 0 spiro atoms. The van der Waals surface area contributed by atoms with Gasteiger partial charge < -0.3 is 4.74 Å². The number of amidine groups is 1. The second kappa shape index (κ2) is 9.09. The molecule has 27 heavy (non-hydrogen) atoms.